The molecule has 2 saturated heterocycles. The molecule has 0 aromatic rings. The van der Waals surface area contributed by atoms with Crippen molar-refractivity contribution in [1.29, 1.82) is 5.26 Å². The van der Waals surface area contributed by atoms with Crippen molar-refractivity contribution < 1.29 is 17.6 Å². The molecule has 2 heterocycles. The molecule has 2 rings (SSSR count). The predicted molar refractivity (Wildman–Crippen MR) is 89.7 cm³/mol. The molecule has 2 aliphatic rings. The minimum atomic E-state index is -3.29. The number of alkyl halides is 1. The normalized spacial score (nSPS) is 28.0. The number of nitriles is 1. The summed E-state index contributed by atoms with van der Waals surface area (Å²) in [6.45, 7) is 3.61. The van der Waals surface area contributed by atoms with E-state index in [0.29, 0.717) is 13.0 Å². The van der Waals surface area contributed by atoms with Crippen molar-refractivity contribution in [2.75, 3.05) is 19.6 Å². The van der Waals surface area contributed by atoms with Gasteiger partial charge in [0.1, 0.15) is 17.6 Å². The number of hydrazine groups is 1. The van der Waals surface area contributed by atoms with Crippen molar-refractivity contribution in [1.82, 2.24) is 15.3 Å². The van der Waals surface area contributed by atoms with Gasteiger partial charge in [-0.1, -0.05) is 0 Å². The monoisotopic (exact) mass is 382 g/mol. The van der Waals surface area contributed by atoms with Gasteiger partial charge in [-0.3, -0.25) is 4.79 Å². The van der Waals surface area contributed by atoms with E-state index in [1.165, 1.54) is 4.90 Å². The van der Waals surface area contributed by atoms with Crippen LogP contribution in [0.25, 0.3) is 0 Å². The Morgan fingerprint density at radius 1 is 1.46 bits per heavy atom. The summed E-state index contributed by atoms with van der Waals surface area (Å²) in [5, 5.41) is 9.42. The van der Waals surface area contributed by atoms with Gasteiger partial charge in [0.15, 0.2) is 9.84 Å². The lowest BCUT2D eigenvalue weighted by atomic mass is 10.2. The molecular weight excluding hydrogens is 359 g/mol. The maximum Gasteiger partial charge on any atom is 0.239 e. The van der Waals surface area contributed by atoms with Gasteiger partial charge in [-0.25, -0.2) is 23.2 Å². The van der Waals surface area contributed by atoms with Gasteiger partial charge in [-0.15, -0.1) is 12.4 Å². The van der Waals surface area contributed by atoms with Crippen LogP contribution in [0, 0.1) is 11.3 Å². The molecule has 1 N–H and O–H groups in total. The number of hydrogen-bond acceptors (Lipinski definition) is 6. The number of amides is 1. The molecule has 0 aliphatic carbocycles. The van der Waals surface area contributed by atoms with Crippen molar-refractivity contribution >= 4 is 28.2 Å². The Bertz CT molecular complexity index is 595. The van der Waals surface area contributed by atoms with E-state index in [4.69, 9.17) is 5.26 Å². The van der Waals surface area contributed by atoms with Gasteiger partial charge in [0.2, 0.25) is 5.91 Å². The van der Waals surface area contributed by atoms with E-state index >= 15 is 0 Å². The molecule has 7 nitrogen and oxygen atoms in total. The second-order valence-electron chi connectivity index (χ2n) is 6.29. The summed E-state index contributed by atoms with van der Waals surface area (Å²) in [6.07, 6.45) is 0.119. The third-order valence-electron chi connectivity index (χ3n) is 4.39. The molecule has 2 fully saturated rings. The highest BCUT2D eigenvalue weighted by Crippen LogP contribution is 2.24. The van der Waals surface area contributed by atoms with Crippen LogP contribution in [0.15, 0.2) is 0 Å². The molecule has 1 amide bonds. The predicted octanol–water partition coefficient (Wildman–Crippen LogP) is 0.620. The van der Waals surface area contributed by atoms with Crippen LogP contribution in [0.2, 0.25) is 0 Å². The SMILES string of the molecule is CC(C)S(=O)(=O)[C@H]1CCCN1NCC(=O)N1C[C@@H](F)C[C@H]1C#N.Cl. The van der Waals surface area contributed by atoms with Crippen LogP contribution < -0.4 is 5.43 Å². The number of halogens is 2. The highest BCUT2D eigenvalue weighted by atomic mass is 35.5. The minimum Gasteiger partial charge on any atom is -0.322 e. The van der Waals surface area contributed by atoms with Gasteiger partial charge >= 0.3 is 0 Å². The Morgan fingerprint density at radius 3 is 2.71 bits per heavy atom. The Labute approximate surface area is 148 Å². The van der Waals surface area contributed by atoms with E-state index in [9.17, 15) is 17.6 Å². The number of nitrogens with one attached hydrogen (secondary N) is 1. The number of sulfone groups is 1. The summed E-state index contributed by atoms with van der Waals surface area (Å²) < 4.78 is 38.0. The first-order valence-electron chi connectivity index (χ1n) is 7.83. The third-order valence-corrected chi connectivity index (χ3v) is 6.95. The highest BCUT2D eigenvalue weighted by Gasteiger charge is 2.39. The largest absolute Gasteiger partial charge is 0.322 e. The Balaban J connectivity index is 0.00000288. The summed E-state index contributed by atoms with van der Waals surface area (Å²) in [5.41, 5.74) is 2.86. The van der Waals surface area contributed by atoms with Crippen LogP contribution in [-0.2, 0) is 14.6 Å². The average Bonchev–Trinajstić information content (AvgIpc) is 3.10. The molecule has 10 heteroatoms. The summed E-state index contributed by atoms with van der Waals surface area (Å²) in [7, 11) is -3.29. The van der Waals surface area contributed by atoms with Gasteiger partial charge in [-0.2, -0.15) is 5.26 Å². The van der Waals surface area contributed by atoms with Crippen LogP contribution in [0.1, 0.15) is 33.1 Å². The second kappa shape index (κ2) is 8.43. The molecule has 24 heavy (non-hydrogen) atoms. The molecule has 0 bridgehead atoms. The fourth-order valence-corrected chi connectivity index (χ4v) is 4.68. The molecular formula is C14H24ClFN4O3S. The van der Waals surface area contributed by atoms with Crippen molar-refractivity contribution in [3.8, 4) is 6.07 Å². The van der Waals surface area contributed by atoms with Crippen LogP contribution in [0.3, 0.4) is 0 Å². The highest BCUT2D eigenvalue weighted by molar-refractivity contribution is 7.92. The number of nitrogens with zero attached hydrogens (tertiary/aromatic N) is 3. The van der Waals surface area contributed by atoms with Crippen molar-refractivity contribution in [3.05, 3.63) is 0 Å². The van der Waals surface area contributed by atoms with E-state index in [0.717, 1.165) is 6.42 Å². The average molecular weight is 383 g/mol. The van der Waals surface area contributed by atoms with Crippen LogP contribution in [-0.4, -0.2) is 66.7 Å². The summed E-state index contributed by atoms with van der Waals surface area (Å²) in [6, 6.07) is 1.19. The van der Waals surface area contributed by atoms with Gasteiger partial charge in [-0.05, 0) is 26.7 Å². The fraction of sp³-hybridized carbons (Fsp3) is 0.857. The molecule has 0 radical (unpaired) electrons. The molecule has 0 spiro atoms. The van der Waals surface area contributed by atoms with Gasteiger partial charge in [0.25, 0.3) is 0 Å². The molecule has 0 aromatic heterocycles. The molecule has 2 aliphatic heterocycles. The quantitative estimate of drug-likeness (QED) is 0.749. The van der Waals surface area contributed by atoms with E-state index in [1.54, 1.807) is 18.9 Å². The van der Waals surface area contributed by atoms with Gasteiger partial charge in [0.05, 0.1) is 24.4 Å². The summed E-state index contributed by atoms with van der Waals surface area (Å²) in [5.74, 6) is -0.385. The standard InChI is InChI=1S/C14H23FN4O3S.ClH/c1-10(2)23(21,22)14-4-3-5-19(14)17-8-13(20)18-9-11(15)6-12(18)7-16;/h10-12,14,17H,3-6,8-9H2,1-2H3;1H/t11-,12-,14-;/m0./s1. The molecule has 3 atom stereocenters. The number of likely N-dealkylation sites (tertiary alicyclic amines) is 1. The van der Waals surface area contributed by atoms with Crippen molar-refractivity contribution in [2.45, 2.75) is 55.9 Å². The maximum atomic E-state index is 13.4. The van der Waals surface area contributed by atoms with E-state index < -0.39 is 32.7 Å². The zero-order chi connectivity index (χ0) is 17.2. The molecule has 0 unspecified atom stereocenters. The molecule has 0 aromatic carbocycles. The lowest BCUT2D eigenvalue weighted by molar-refractivity contribution is -0.131. The van der Waals surface area contributed by atoms with Crippen LogP contribution in [0.4, 0.5) is 4.39 Å². The minimum absolute atomic E-state index is 0. The first kappa shape index (κ1) is 21.1. The van der Waals surface area contributed by atoms with Gasteiger partial charge in [0, 0.05) is 13.0 Å². The lowest BCUT2D eigenvalue weighted by Crippen LogP contribution is -2.51. The van der Waals surface area contributed by atoms with Crippen molar-refractivity contribution in [3.63, 3.8) is 0 Å². The van der Waals surface area contributed by atoms with Crippen LogP contribution in [0.5, 0.6) is 0 Å². The maximum absolute atomic E-state index is 13.4. The number of rotatable bonds is 5. The Kier molecular flexibility index (Phi) is 7.41. The zero-order valence-electron chi connectivity index (χ0n) is 13.8. The number of hydrogen-bond donors (Lipinski definition) is 1. The summed E-state index contributed by atoms with van der Waals surface area (Å²) in [4.78, 5) is 13.4. The Hall–Kier alpha value is -0.950. The fourth-order valence-electron chi connectivity index (χ4n) is 3.03. The third kappa shape index (κ3) is 4.36. The number of carbonyl (C=O) groups is 1. The van der Waals surface area contributed by atoms with Gasteiger partial charge < -0.3 is 4.90 Å². The lowest BCUT2D eigenvalue weighted by Gasteiger charge is -2.27. The Morgan fingerprint density at radius 2 is 2.12 bits per heavy atom. The van der Waals surface area contributed by atoms with E-state index in [2.05, 4.69) is 5.43 Å². The van der Waals surface area contributed by atoms with E-state index in [-0.39, 0.29) is 37.8 Å². The zero-order valence-corrected chi connectivity index (χ0v) is 15.4. The van der Waals surface area contributed by atoms with E-state index in [1.807, 2.05) is 6.07 Å². The van der Waals surface area contributed by atoms with Crippen molar-refractivity contribution in [2.24, 2.45) is 0 Å². The smallest absolute Gasteiger partial charge is 0.239 e. The number of carbonyl (C=O) groups excluding carboxylic acids is 1. The molecule has 138 valence electrons. The molecule has 0 saturated carbocycles. The topological polar surface area (TPSA) is 93.5 Å². The van der Waals surface area contributed by atoms with Crippen LogP contribution >= 0.6 is 12.4 Å². The first-order chi connectivity index (χ1) is 10.8. The second-order valence-corrected chi connectivity index (χ2v) is 8.95. The first-order valence-corrected chi connectivity index (χ1v) is 9.44. The summed E-state index contributed by atoms with van der Waals surface area (Å²) >= 11 is 0.